The zero-order valence-electron chi connectivity index (χ0n) is 17.6. The number of methoxy groups -OCH3 is 1. The van der Waals surface area contributed by atoms with Crippen molar-refractivity contribution < 1.29 is 22.3 Å². The summed E-state index contributed by atoms with van der Waals surface area (Å²) in [4.78, 5) is 19.7. The number of nitrogens with zero attached hydrogens (tertiary/aromatic N) is 3. The lowest BCUT2D eigenvalue weighted by atomic mass is 9.98. The number of para-hydroxylation sites is 1. The topological polar surface area (TPSA) is 79.8 Å². The maximum atomic E-state index is 13.5. The standard InChI is InChI=1S/C22H24FN3O4S2/c1-30-14-13-26(22-24-19-6-2-3-7-20(19)31-22)21(27)16-5-4-12-25(15-16)32(28,29)18-10-8-17(23)9-11-18/h2-3,6-11,16H,4-5,12-15H2,1H3. The van der Waals surface area contributed by atoms with Crippen molar-refractivity contribution in [2.75, 3.05) is 38.3 Å². The second-order valence-electron chi connectivity index (χ2n) is 7.60. The minimum Gasteiger partial charge on any atom is -0.383 e. The first kappa shape index (κ1) is 22.8. The van der Waals surface area contributed by atoms with Crippen molar-refractivity contribution in [1.29, 1.82) is 0 Å². The van der Waals surface area contributed by atoms with E-state index in [2.05, 4.69) is 4.98 Å². The van der Waals surface area contributed by atoms with Crippen molar-refractivity contribution in [2.24, 2.45) is 5.92 Å². The van der Waals surface area contributed by atoms with Gasteiger partial charge in [-0.3, -0.25) is 9.69 Å². The number of benzene rings is 2. The minimum absolute atomic E-state index is 0.0226. The zero-order valence-corrected chi connectivity index (χ0v) is 19.2. The molecule has 1 aromatic heterocycles. The Kier molecular flexibility index (Phi) is 6.85. The molecule has 1 atom stereocenters. The van der Waals surface area contributed by atoms with Crippen LogP contribution in [0.4, 0.5) is 9.52 Å². The highest BCUT2D eigenvalue weighted by Gasteiger charge is 2.36. The summed E-state index contributed by atoms with van der Waals surface area (Å²) < 4.78 is 46.8. The maximum absolute atomic E-state index is 13.5. The van der Waals surface area contributed by atoms with Gasteiger partial charge in [-0.1, -0.05) is 23.5 Å². The summed E-state index contributed by atoms with van der Waals surface area (Å²) in [7, 11) is -2.25. The number of amides is 1. The van der Waals surface area contributed by atoms with Gasteiger partial charge in [0.2, 0.25) is 15.9 Å². The molecule has 1 aliphatic heterocycles. The van der Waals surface area contributed by atoms with Crippen molar-refractivity contribution in [1.82, 2.24) is 9.29 Å². The van der Waals surface area contributed by atoms with Gasteiger partial charge < -0.3 is 4.74 Å². The summed E-state index contributed by atoms with van der Waals surface area (Å²) in [5, 5.41) is 0.576. The summed E-state index contributed by atoms with van der Waals surface area (Å²) in [6.07, 6.45) is 1.15. The van der Waals surface area contributed by atoms with E-state index in [4.69, 9.17) is 4.74 Å². The zero-order chi connectivity index (χ0) is 22.7. The van der Waals surface area contributed by atoms with Crippen LogP contribution in [-0.2, 0) is 19.6 Å². The molecule has 1 amide bonds. The van der Waals surface area contributed by atoms with Gasteiger partial charge in [-0.05, 0) is 49.2 Å². The summed E-state index contributed by atoms with van der Waals surface area (Å²) in [5.41, 5.74) is 0.812. The number of anilines is 1. The van der Waals surface area contributed by atoms with Crippen molar-refractivity contribution in [3.8, 4) is 0 Å². The van der Waals surface area contributed by atoms with Crippen LogP contribution in [0.1, 0.15) is 12.8 Å². The fraction of sp³-hybridized carbons (Fsp3) is 0.364. The van der Waals surface area contributed by atoms with Crippen LogP contribution in [0.5, 0.6) is 0 Å². The SMILES string of the molecule is COCCN(C(=O)C1CCCN(S(=O)(=O)c2ccc(F)cc2)C1)c1nc2ccccc2s1. The fourth-order valence-electron chi connectivity index (χ4n) is 3.80. The van der Waals surface area contributed by atoms with E-state index < -0.39 is 21.8 Å². The van der Waals surface area contributed by atoms with Crippen LogP contribution in [-0.4, -0.2) is 57.0 Å². The predicted molar refractivity (Wildman–Crippen MR) is 122 cm³/mol. The molecule has 0 aliphatic carbocycles. The van der Waals surface area contributed by atoms with Gasteiger partial charge in [-0.15, -0.1) is 0 Å². The Morgan fingerprint density at radius 1 is 1.25 bits per heavy atom. The minimum atomic E-state index is -3.81. The summed E-state index contributed by atoms with van der Waals surface area (Å²) in [6.45, 7) is 1.07. The van der Waals surface area contributed by atoms with Crippen molar-refractivity contribution >= 4 is 42.6 Å². The Bertz CT molecular complexity index is 1160. The number of aromatic nitrogens is 1. The van der Waals surface area contributed by atoms with Crippen molar-refractivity contribution in [3.63, 3.8) is 0 Å². The number of carbonyl (C=O) groups excluding carboxylic acids is 1. The number of piperidine rings is 1. The number of carbonyl (C=O) groups is 1. The van der Waals surface area contributed by atoms with E-state index in [0.29, 0.717) is 37.7 Å². The number of fused-ring (bicyclic) bond motifs is 1. The van der Waals surface area contributed by atoms with E-state index in [1.54, 1.807) is 12.0 Å². The number of halogens is 1. The second kappa shape index (κ2) is 9.62. The molecule has 10 heteroatoms. The van der Waals surface area contributed by atoms with Gasteiger partial charge in [0, 0.05) is 20.2 Å². The molecule has 0 N–H and O–H groups in total. The van der Waals surface area contributed by atoms with E-state index in [9.17, 15) is 17.6 Å². The lowest BCUT2D eigenvalue weighted by Gasteiger charge is -2.33. The maximum Gasteiger partial charge on any atom is 0.243 e. The first-order valence-corrected chi connectivity index (χ1v) is 12.6. The van der Waals surface area contributed by atoms with Gasteiger partial charge in [0.15, 0.2) is 5.13 Å². The molecule has 3 aromatic rings. The Labute approximate surface area is 190 Å². The molecule has 32 heavy (non-hydrogen) atoms. The number of thiazole rings is 1. The molecule has 170 valence electrons. The normalized spacial score (nSPS) is 17.5. The summed E-state index contributed by atoms with van der Waals surface area (Å²) in [5.74, 6) is -1.16. The Morgan fingerprint density at radius 2 is 2.00 bits per heavy atom. The van der Waals surface area contributed by atoms with Gasteiger partial charge in [-0.25, -0.2) is 17.8 Å². The van der Waals surface area contributed by atoms with Gasteiger partial charge in [-0.2, -0.15) is 4.31 Å². The third kappa shape index (κ3) is 4.68. The lowest BCUT2D eigenvalue weighted by Crippen LogP contribution is -2.47. The van der Waals surface area contributed by atoms with E-state index in [0.717, 1.165) is 22.3 Å². The van der Waals surface area contributed by atoms with Gasteiger partial charge >= 0.3 is 0 Å². The highest BCUT2D eigenvalue weighted by atomic mass is 32.2. The first-order chi connectivity index (χ1) is 15.4. The van der Waals surface area contributed by atoms with Gasteiger partial charge in [0.25, 0.3) is 0 Å². The smallest absolute Gasteiger partial charge is 0.243 e. The second-order valence-corrected chi connectivity index (χ2v) is 10.5. The number of hydrogen-bond acceptors (Lipinski definition) is 6. The third-order valence-corrected chi connectivity index (χ3v) is 8.42. The molecule has 4 rings (SSSR count). The molecule has 7 nitrogen and oxygen atoms in total. The molecule has 2 heterocycles. The van der Waals surface area contributed by atoms with E-state index in [1.165, 1.54) is 27.8 Å². The quantitative estimate of drug-likeness (QED) is 0.520. The lowest BCUT2D eigenvalue weighted by molar-refractivity contribution is -0.123. The van der Waals surface area contributed by atoms with Gasteiger partial charge in [0.05, 0.1) is 34.2 Å². The van der Waals surface area contributed by atoms with Crippen LogP contribution in [0.25, 0.3) is 10.2 Å². The molecule has 1 aliphatic rings. The fourth-order valence-corrected chi connectivity index (χ4v) is 6.32. The number of sulfonamides is 1. The van der Waals surface area contributed by atoms with Crippen LogP contribution in [0.2, 0.25) is 0 Å². The molecule has 1 saturated heterocycles. The molecule has 0 spiro atoms. The number of rotatable bonds is 7. The van der Waals surface area contributed by atoms with Crippen LogP contribution in [0, 0.1) is 11.7 Å². The number of ether oxygens (including phenoxy) is 1. The predicted octanol–water partition coefficient (Wildman–Crippen LogP) is 3.52. The molecule has 0 saturated carbocycles. The van der Waals surface area contributed by atoms with Crippen molar-refractivity contribution in [2.45, 2.75) is 17.7 Å². The number of hydrogen-bond donors (Lipinski definition) is 0. The van der Waals surface area contributed by atoms with E-state index >= 15 is 0 Å². The summed E-state index contributed by atoms with van der Waals surface area (Å²) in [6, 6.07) is 12.4. The Morgan fingerprint density at radius 3 is 2.72 bits per heavy atom. The van der Waals surface area contributed by atoms with Crippen LogP contribution in [0.3, 0.4) is 0 Å². The first-order valence-electron chi connectivity index (χ1n) is 10.3. The van der Waals surface area contributed by atoms with Crippen molar-refractivity contribution in [3.05, 3.63) is 54.3 Å². The monoisotopic (exact) mass is 477 g/mol. The molecule has 0 radical (unpaired) electrons. The highest BCUT2D eigenvalue weighted by molar-refractivity contribution is 7.89. The Balaban J connectivity index is 1.57. The molecule has 1 fully saturated rings. The molecular weight excluding hydrogens is 453 g/mol. The van der Waals surface area contributed by atoms with Crippen LogP contribution >= 0.6 is 11.3 Å². The highest BCUT2D eigenvalue weighted by Crippen LogP contribution is 2.31. The molecule has 0 bridgehead atoms. The van der Waals surface area contributed by atoms with Crippen LogP contribution < -0.4 is 4.90 Å². The third-order valence-electron chi connectivity index (χ3n) is 5.48. The average molecular weight is 478 g/mol. The van der Waals surface area contributed by atoms with E-state index in [1.807, 2.05) is 24.3 Å². The largest absolute Gasteiger partial charge is 0.383 e. The summed E-state index contributed by atoms with van der Waals surface area (Å²) >= 11 is 1.42. The average Bonchev–Trinajstić information content (AvgIpc) is 3.23. The van der Waals surface area contributed by atoms with Gasteiger partial charge in [0.1, 0.15) is 5.82 Å². The molecule has 1 unspecified atom stereocenters. The van der Waals surface area contributed by atoms with Crippen LogP contribution in [0.15, 0.2) is 53.4 Å². The Hall–Kier alpha value is -2.40. The molecular formula is C22H24FN3O4S2. The molecule has 2 aromatic carbocycles. The van der Waals surface area contributed by atoms with E-state index in [-0.39, 0.29) is 17.3 Å².